The van der Waals surface area contributed by atoms with Gasteiger partial charge in [-0.3, -0.25) is 4.68 Å². The molecule has 0 bridgehead atoms. The van der Waals surface area contributed by atoms with Crippen molar-refractivity contribution < 1.29 is 8.42 Å². The van der Waals surface area contributed by atoms with Crippen LogP contribution in [0.15, 0.2) is 17.3 Å². The lowest BCUT2D eigenvalue weighted by molar-refractivity contribution is 0.196. The summed E-state index contributed by atoms with van der Waals surface area (Å²) in [5.74, 6) is 0. The molecule has 1 aromatic rings. The molecular weight excluding hydrogens is 276 g/mol. The summed E-state index contributed by atoms with van der Waals surface area (Å²) in [6, 6.07) is 1.55. The molecule has 0 amide bonds. The van der Waals surface area contributed by atoms with Crippen molar-refractivity contribution in [1.82, 2.24) is 14.1 Å². The van der Waals surface area contributed by atoms with Crippen LogP contribution in [0.5, 0.6) is 0 Å². The Morgan fingerprint density at radius 1 is 1.45 bits per heavy atom. The van der Waals surface area contributed by atoms with Crippen LogP contribution in [0.4, 0.5) is 0 Å². The largest absolute Gasteiger partial charge is 0.329 e. The molecule has 1 saturated carbocycles. The first kappa shape index (κ1) is 15.5. The van der Waals surface area contributed by atoms with Gasteiger partial charge in [0.15, 0.2) is 5.03 Å². The van der Waals surface area contributed by atoms with E-state index in [1.807, 2.05) is 6.92 Å². The topological polar surface area (TPSA) is 81.2 Å². The van der Waals surface area contributed by atoms with E-state index in [0.29, 0.717) is 13.1 Å². The molecule has 6 nitrogen and oxygen atoms in total. The molecule has 0 radical (unpaired) electrons. The monoisotopic (exact) mass is 300 g/mol. The Kier molecular flexibility index (Phi) is 4.51. The van der Waals surface area contributed by atoms with Crippen molar-refractivity contribution >= 4 is 10.0 Å². The Morgan fingerprint density at radius 3 is 2.55 bits per heavy atom. The minimum absolute atomic E-state index is 0.241. The van der Waals surface area contributed by atoms with Crippen LogP contribution in [0.2, 0.25) is 0 Å². The average molecular weight is 300 g/mol. The molecule has 1 aliphatic rings. The molecule has 0 aromatic carbocycles. The summed E-state index contributed by atoms with van der Waals surface area (Å²) in [6.45, 7) is 2.87. The summed E-state index contributed by atoms with van der Waals surface area (Å²) in [4.78, 5) is 0. The van der Waals surface area contributed by atoms with Crippen LogP contribution in [0.1, 0.15) is 39.0 Å². The van der Waals surface area contributed by atoms with Gasteiger partial charge in [-0.2, -0.15) is 9.40 Å². The zero-order valence-electron chi connectivity index (χ0n) is 12.2. The standard InChI is InChI=1S/C13H24N4O2S/c1-3-10-17(13(11-14)7-4-5-8-13)20(18,19)12-6-9-15-16(12)2/h6,9H,3-5,7-8,10-11,14H2,1-2H3. The highest BCUT2D eigenvalue weighted by Gasteiger charge is 2.45. The Morgan fingerprint density at radius 2 is 2.10 bits per heavy atom. The Labute approximate surface area is 121 Å². The number of hydrogen-bond acceptors (Lipinski definition) is 4. The molecule has 1 aromatic heterocycles. The molecule has 20 heavy (non-hydrogen) atoms. The average Bonchev–Trinajstić information content (AvgIpc) is 3.05. The fourth-order valence-corrected chi connectivity index (χ4v) is 5.16. The highest BCUT2D eigenvalue weighted by Crippen LogP contribution is 2.37. The summed E-state index contributed by atoms with van der Waals surface area (Å²) < 4.78 is 29.0. The van der Waals surface area contributed by atoms with E-state index in [2.05, 4.69) is 5.10 Å². The SMILES string of the molecule is CCCN(C1(CN)CCCC1)S(=O)(=O)c1ccnn1C. The van der Waals surface area contributed by atoms with Gasteiger partial charge >= 0.3 is 0 Å². The van der Waals surface area contributed by atoms with Crippen molar-refractivity contribution in [3.63, 3.8) is 0 Å². The molecule has 1 fully saturated rings. The maximum absolute atomic E-state index is 13.0. The van der Waals surface area contributed by atoms with Gasteiger partial charge in [0.25, 0.3) is 10.0 Å². The van der Waals surface area contributed by atoms with Crippen molar-refractivity contribution in [3.05, 3.63) is 12.3 Å². The van der Waals surface area contributed by atoms with Gasteiger partial charge in [-0.05, 0) is 25.3 Å². The summed E-state index contributed by atoms with van der Waals surface area (Å²) in [7, 11) is -1.90. The van der Waals surface area contributed by atoms with E-state index >= 15 is 0 Å². The highest BCUT2D eigenvalue weighted by molar-refractivity contribution is 7.89. The van der Waals surface area contributed by atoms with Crippen molar-refractivity contribution in [1.29, 1.82) is 0 Å². The summed E-state index contributed by atoms with van der Waals surface area (Å²) in [5.41, 5.74) is 5.54. The maximum atomic E-state index is 13.0. The van der Waals surface area contributed by atoms with E-state index in [4.69, 9.17) is 5.73 Å². The van der Waals surface area contributed by atoms with E-state index in [-0.39, 0.29) is 5.03 Å². The summed E-state index contributed by atoms with van der Waals surface area (Å²) in [6.07, 6.45) is 6.07. The van der Waals surface area contributed by atoms with Gasteiger partial charge in [-0.25, -0.2) is 8.42 Å². The van der Waals surface area contributed by atoms with Crippen LogP contribution in [0, 0.1) is 0 Å². The Bertz CT molecular complexity index is 546. The molecular formula is C13H24N4O2S. The Hall–Kier alpha value is -0.920. The second kappa shape index (κ2) is 5.83. The second-order valence-electron chi connectivity index (χ2n) is 5.51. The van der Waals surface area contributed by atoms with Crippen LogP contribution in [0.3, 0.4) is 0 Å². The number of rotatable bonds is 6. The first-order chi connectivity index (χ1) is 9.48. The van der Waals surface area contributed by atoms with Gasteiger partial charge in [0.2, 0.25) is 0 Å². The number of nitrogens with zero attached hydrogens (tertiary/aromatic N) is 3. The van der Waals surface area contributed by atoms with Gasteiger partial charge in [-0.15, -0.1) is 0 Å². The lowest BCUT2D eigenvalue weighted by Gasteiger charge is -2.39. The number of hydrogen-bond donors (Lipinski definition) is 1. The Balaban J connectivity index is 2.45. The number of nitrogens with two attached hydrogens (primary N) is 1. The van der Waals surface area contributed by atoms with Crippen LogP contribution in [0.25, 0.3) is 0 Å². The smallest absolute Gasteiger partial charge is 0.260 e. The van der Waals surface area contributed by atoms with Crippen molar-refractivity contribution in [3.8, 4) is 0 Å². The van der Waals surface area contributed by atoms with E-state index < -0.39 is 15.6 Å². The van der Waals surface area contributed by atoms with Gasteiger partial charge in [-0.1, -0.05) is 19.8 Å². The van der Waals surface area contributed by atoms with Crippen molar-refractivity contribution in [2.75, 3.05) is 13.1 Å². The molecule has 0 aliphatic heterocycles. The fourth-order valence-electron chi connectivity index (χ4n) is 3.13. The zero-order valence-corrected chi connectivity index (χ0v) is 13.1. The number of aromatic nitrogens is 2. The van der Waals surface area contributed by atoms with Crippen LogP contribution in [-0.4, -0.2) is 41.1 Å². The van der Waals surface area contributed by atoms with Crippen molar-refractivity contribution in [2.45, 2.75) is 49.6 Å². The molecule has 1 heterocycles. The van der Waals surface area contributed by atoms with Gasteiger partial charge in [0.05, 0.1) is 6.20 Å². The third-order valence-corrected chi connectivity index (χ3v) is 6.28. The van der Waals surface area contributed by atoms with Gasteiger partial charge in [0, 0.05) is 25.7 Å². The number of sulfonamides is 1. The predicted molar refractivity (Wildman–Crippen MR) is 77.6 cm³/mol. The molecule has 0 unspecified atom stereocenters. The summed E-state index contributed by atoms with van der Waals surface area (Å²) in [5, 5.41) is 4.22. The molecule has 7 heteroatoms. The van der Waals surface area contributed by atoms with Crippen LogP contribution < -0.4 is 5.73 Å². The molecule has 114 valence electrons. The minimum Gasteiger partial charge on any atom is -0.329 e. The summed E-state index contributed by atoms with van der Waals surface area (Å²) >= 11 is 0. The molecule has 0 spiro atoms. The zero-order chi connectivity index (χ0) is 14.8. The molecule has 2 rings (SSSR count). The maximum Gasteiger partial charge on any atom is 0.260 e. The molecule has 2 N–H and O–H groups in total. The van der Waals surface area contributed by atoms with E-state index in [1.165, 1.54) is 10.9 Å². The minimum atomic E-state index is -3.55. The normalized spacial score (nSPS) is 18.8. The van der Waals surface area contributed by atoms with Gasteiger partial charge < -0.3 is 5.73 Å². The highest BCUT2D eigenvalue weighted by atomic mass is 32.2. The second-order valence-corrected chi connectivity index (χ2v) is 7.31. The number of aryl methyl sites for hydroxylation is 1. The fraction of sp³-hybridized carbons (Fsp3) is 0.769. The van der Waals surface area contributed by atoms with Crippen LogP contribution >= 0.6 is 0 Å². The van der Waals surface area contributed by atoms with Crippen molar-refractivity contribution in [2.24, 2.45) is 12.8 Å². The molecule has 0 saturated heterocycles. The van der Waals surface area contributed by atoms with Crippen LogP contribution in [-0.2, 0) is 17.1 Å². The van der Waals surface area contributed by atoms with E-state index in [9.17, 15) is 8.42 Å². The molecule has 0 atom stereocenters. The predicted octanol–water partition coefficient (Wildman–Crippen LogP) is 1.09. The first-order valence-corrected chi connectivity index (χ1v) is 8.63. The quantitative estimate of drug-likeness (QED) is 0.852. The first-order valence-electron chi connectivity index (χ1n) is 7.19. The van der Waals surface area contributed by atoms with Gasteiger partial charge in [0.1, 0.15) is 0 Å². The lowest BCUT2D eigenvalue weighted by atomic mass is 9.98. The molecule has 1 aliphatic carbocycles. The third kappa shape index (κ3) is 2.49. The van der Waals surface area contributed by atoms with E-state index in [1.54, 1.807) is 17.4 Å². The third-order valence-electron chi connectivity index (χ3n) is 4.20. The lowest BCUT2D eigenvalue weighted by Crippen LogP contribution is -2.55. The van der Waals surface area contributed by atoms with E-state index in [0.717, 1.165) is 32.1 Å².